The maximum atomic E-state index is 13.2. The summed E-state index contributed by atoms with van der Waals surface area (Å²) in [7, 11) is 0. The molecule has 2 rings (SSSR count). The first-order valence-electron chi connectivity index (χ1n) is 6.55. The summed E-state index contributed by atoms with van der Waals surface area (Å²) in [5.74, 6) is 0.295. The molecule has 1 saturated heterocycles. The molecule has 4 heteroatoms. The van der Waals surface area contributed by atoms with E-state index in [1.54, 1.807) is 6.07 Å². The third-order valence-electron chi connectivity index (χ3n) is 3.53. The number of rotatable bonds is 4. The summed E-state index contributed by atoms with van der Waals surface area (Å²) >= 11 is 0. The van der Waals surface area contributed by atoms with Crippen LogP contribution in [0.15, 0.2) is 18.2 Å². The van der Waals surface area contributed by atoms with E-state index in [4.69, 9.17) is 10.8 Å². The highest BCUT2D eigenvalue weighted by molar-refractivity contribution is 5.41. The van der Waals surface area contributed by atoms with Gasteiger partial charge < -0.3 is 10.8 Å². The van der Waals surface area contributed by atoms with Crippen molar-refractivity contribution in [3.05, 3.63) is 29.6 Å². The molecule has 0 bridgehead atoms. The summed E-state index contributed by atoms with van der Waals surface area (Å²) in [4.78, 5) is 2.32. The zero-order valence-electron chi connectivity index (χ0n) is 10.6. The van der Waals surface area contributed by atoms with Crippen molar-refractivity contribution in [2.45, 2.75) is 25.8 Å². The molecule has 0 aromatic heterocycles. The van der Waals surface area contributed by atoms with E-state index in [0.717, 1.165) is 38.0 Å². The van der Waals surface area contributed by atoms with Crippen LogP contribution in [0.1, 0.15) is 24.8 Å². The molecule has 1 aliphatic rings. The number of piperidine rings is 1. The number of nitrogens with zero attached hydrogens (tertiary/aromatic N) is 1. The van der Waals surface area contributed by atoms with Gasteiger partial charge in [0, 0.05) is 25.4 Å². The van der Waals surface area contributed by atoms with Crippen molar-refractivity contribution in [2.24, 2.45) is 5.92 Å². The molecule has 3 N–H and O–H groups in total. The van der Waals surface area contributed by atoms with E-state index in [9.17, 15) is 4.39 Å². The van der Waals surface area contributed by atoms with Crippen LogP contribution in [0.2, 0.25) is 0 Å². The molecule has 0 aliphatic carbocycles. The number of likely N-dealkylation sites (tertiary alicyclic amines) is 1. The van der Waals surface area contributed by atoms with Crippen LogP contribution < -0.4 is 5.73 Å². The maximum Gasteiger partial charge on any atom is 0.125 e. The highest BCUT2D eigenvalue weighted by Crippen LogP contribution is 2.21. The number of hydrogen-bond acceptors (Lipinski definition) is 3. The molecule has 1 aromatic carbocycles. The Labute approximate surface area is 107 Å². The Morgan fingerprint density at radius 1 is 1.39 bits per heavy atom. The number of benzene rings is 1. The fourth-order valence-electron chi connectivity index (χ4n) is 2.74. The van der Waals surface area contributed by atoms with Gasteiger partial charge >= 0.3 is 0 Å². The van der Waals surface area contributed by atoms with E-state index in [1.807, 2.05) is 6.07 Å². The van der Waals surface area contributed by atoms with Gasteiger partial charge in [-0.2, -0.15) is 0 Å². The van der Waals surface area contributed by atoms with Gasteiger partial charge in [-0.15, -0.1) is 0 Å². The predicted octanol–water partition coefficient (Wildman–Crippen LogP) is 2.00. The standard InChI is InChI=1S/C14H21FN2O/c15-13-6-12(7-14(16)8-13)10-17-4-1-2-11(9-17)3-5-18/h6-8,11,18H,1-5,9-10,16H2. The lowest BCUT2D eigenvalue weighted by Gasteiger charge is -2.32. The number of hydrogen-bond donors (Lipinski definition) is 2. The summed E-state index contributed by atoms with van der Waals surface area (Å²) in [6.07, 6.45) is 3.19. The minimum atomic E-state index is -0.270. The maximum absolute atomic E-state index is 13.2. The second-order valence-electron chi connectivity index (χ2n) is 5.15. The Balaban J connectivity index is 1.95. The normalized spacial score (nSPS) is 21.1. The van der Waals surface area contributed by atoms with Gasteiger partial charge in [0.1, 0.15) is 5.82 Å². The quantitative estimate of drug-likeness (QED) is 0.806. The molecular weight excluding hydrogens is 231 g/mol. The number of nitrogens with two attached hydrogens (primary N) is 1. The number of halogens is 1. The molecule has 1 heterocycles. The smallest absolute Gasteiger partial charge is 0.125 e. The van der Waals surface area contributed by atoms with E-state index in [1.165, 1.54) is 12.5 Å². The minimum absolute atomic E-state index is 0.255. The summed E-state index contributed by atoms with van der Waals surface area (Å²) in [5.41, 5.74) is 7.06. The van der Waals surface area contributed by atoms with Gasteiger partial charge in [0.25, 0.3) is 0 Å². The monoisotopic (exact) mass is 252 g/mol. The Morgan fingerprint density at radius 3 is 2.94 bits per heavy atom. The molecule has 3 nitrogen and oxygen atoms in total. The van der Waals surface area contributed by atoms with Crippen molar-refractivity contribution in [1.29, 1.82) is 0 Å². The average molecular weight is 252 g/mol. The average Bonchev–Trinajstić information content (AvgIpc) is 2.28. The van der Waals surface area contributed by atoms with Crippen LogP contribution in [0, 0.1) is 11.7 Å². The third-order valence-corrected chi connectivity index (χ3v) is 3.53. The topological polar surface area (TPSA) is 49.5 Å². The molecule has 0 spiro atoms. The first-order chi connectivity index (χ1) is 8.67. The van der Waals surface area contributed by atoms with Crippen molar-refractivity contribution in [2.75, 3.05) is 25.4 Å². The molecule has 0 radical (unpaired) electrons. The van der Waals surface area contributed by atoms with Crippen LogP contribution in [-0.2, 0) is 6.54 Å². The zero-order valence-corrected chi connectivity index (χ0v) is 10.6. The van der Waals surface area contributed by atoms with E-state index in [0.29, 0.717) is 11.6 Å². The summed E-state index contributed by atoms with van der Waals surface area (Å²) in [6, 6.07) is 4.72. The van der Waals surface area contributed by atoms with Crippen molar-refractivity contribution in [1.82, 2.24) is 4.90 Å². The van der Waals surface area contributed by atoms with Crippen molar-refractivity contribution >= 4 is 5.69 Å². The van der Waals surface area contributed by atoms with Gasteiger partial charge in [0.15, 0.2) is 0 Å². The van der Waals surface area contributed by atoms with Crippen molar-refractivity contribution < 1.29 is 9.50 Å². The molecule has 1 fully saturated rings. The molecule has 18 heavy (non-hydrogen) atoms. The van der Waals surface area contributed by atoms with Gasteiger partial charge in [-0.25, -0.2) is 4.39 Å². The molecule has 1 aromatic rings. The number of aliphatic hydroxyl groups excluding tert-OH is 1. The highest BCUT2D eigenvalue weighted by atomic mass is 19.1. The van der Waals surface area contributed by atoms with Crippen LogP contribution in [0.4, 0.5) is 10.1 Å². The van der Waals surface area contributed by atoms with Gasteiger partial charge in [-0.05, 0) is 55.5 Å². The van der Waals surface area contributed by atoms with Gasteiger partial charge in [0.2, 0.25) is 0 Å². The Hall–Kier alpha value is -1.13. The van der Waals surface area contributed by atoms with Crippen LogP contribution in [-0.4, -0.2) is 29.7 Å². The molecule has 1 aliphatic heterocycles. The molecule has 100 valence electrons. The van der Waals surface area contributed by atoms with E-state index in [-0.39, 0.29) is 12.4 Å². The fraction of sp³-hybridized carbons (Fsp3) is 0.571. The van der Waals surface area contributed by atoms with E-state index in [2.05, 4.69) is 4.90 Å². The van der Waals surface area contributed by atoms with Crippen molar-refractivity contribution in [3.8, 4) is 0 Å². The number of anilines is 1. The Morgan fingerprint density at radius 2 is 2.22 bits per heavy atom. The lowest BCUT2D eigenvalue weighted by atomic mass is 9.95. The Bertz CT molecular complexity index is 375. The number of aliphatic hydroxyl groups is 1. The fourth-order valence-corrected chi connectivity index (χ4v) is 2.74. The van der Waals surface area contributed by atoms with Gasteiger partial charge in [-0.3, -0.25) is 4.90 Å². The lowest BCUT2D eigenvalue weighted by molar-refractivity contribution is 0.142. The first kappa shape index (κ1) is 13.3. The second-order valence-corrected chi connectivity index (χ2v) is 5.15. The molecule has 1 atom stereocenters. The second kappa shape index (κ2) is 6.16. The number of nitrogen functional groups attached to an aromatic ring is 1. The van der Waals surface area contributed by atoms with E-state index >= 15 is 0 Å². The summed E-state index contributed by atoms with van der Waals surface area (Å²) in [5, 5.41) is 8.98. The minimum Gasteiger partial charge on any atom is -0.399 e. The van der Waals surface area contributed by atoms with Crippen LogP contribution in [0.25, 0.3) is 0 Å². The van der Waals surface area contributed by atoms with E-state index < -0.39 is 0 Å². The zero-order chi connectivity index (χ0) is 13.0. The van der Waals surface area contributed by atoms with Gasteiger partial charge in [-0.1, -0.05) is 0 Å². The Kier molecular flexibility index (Phi) is 4.55. The molecule has 1 unspecified atom stereocenters. The highest BCUT2D eigenvalue weighted by Gasteiger charge is 2.19. The summed E-state index contributed by atoms with van der Waals surface area (Å²) in [6.45, 7) is 3.02. The SMILES string of the molecule is Nc1cc(F)cc(CN2CCCC(CCO)C2)c1. The van der Waals surface area contributed by atoms with Crippen molar-refractivity contribution in [3.63, 3.8) is 0 Å². The first-order valence-corrected chi connectivity index (χ1v) is 6.55. The summed E-state index contributed by atoms with van der Waals surface area (Å²) < 4.78 is 13.2. The van der Waals surface area contributed by atoms with Crippen LogP contribution in [0.5, 0.6) is 0 Å². The molecular formula is C14H21FN2O. The molecule has 0 saturated carbocycles. The third kappa shape index (κ3) is 3.68. The predicted molar refractivity (Wildman–Crippen MR) is 70.5 cm³/mol. The van der Waals surface area contributed by atoms with Gasteiger partial charge in [0.05, 0.1) is 0 Å². The van der Waals surface area contributed by atoms with Crippen LogP contribution in [0.3, 0.4) is 0 Å². The lowest BCUT2D eigenvalue weighted by Crippen LogP contribution is -2.35. The van der Waals surface area contributed by atoms with Crippen LogP contribution >= 0.6 is 0 Å². The largest absolute Gasteiger partial charge is 0.399 e. The molecule has 0 amide bonds.